The van der Waals surface area contributed by atoms with E-state index in [9.17, 15) is 0 Å². The van der Waals surface area contributed by atoms with Crippen LogP contribution in [0.3, 0.4) is 0 Å². The summed E-state index contributed by atoms with van der Waals surface area (Å²) >= 11 is 5.36. The van der Waals surface area contributed by atoms with Gasteiger partial charge in [0.05, 0.1) is 6.04 Å². The minimum atomic E-state index is 0.355. The molecule has 16 heavy (non-hydrogen) atoms. The van der Waals surface area contributed by atoms with Gasteiger partial charge in [-0.25, -0.2) is 0 Å². The Kier molecular flexibility index (Phi) is 3.09. The third kappa shape index (κ3) is 1.76. The van der Waals surface area contributed by atoms with Crippen LogP contribution in [-0.2, 0) is 0 Å². The monoisotopic (exact) mass is 300 g/mol. The van der Waals surface area contributed by atoms with Crippen LogP contribution in [0.5, 0.6) is 0 Å². The Morgan fingerprint density at radius 3 is 2.50 bits per heavy atom. The van der Waals surface area contributed by atoms with Crippen LogP contribution in [0.2, 0.25) is 0 Å². The number of rotatable bonds is 3. The second-order valence-electron chi connectivity index (χ2n) is 5.01. The van der Waals surface area contributed by atoms with E-state index in [4.69, 9.17) is 5.84 Å². The van der Waals surface area contributed by atoms with Crippen molar-refractivity contribution in [2.45, 2.75) is 31.7 Å². The van der Waals surface area contributed by atoms with E-state index in [1.54, 1.807) is 11.3 Å². The first-order chi connectivity index (χ1) is 7.83. The quantitative estimate of drug-likeness (QED) is 0.663. The van der Waals surface area contributed by atoms with Gasteiger partial charge in [-0.15, -0.1) is 0 Å². The van der Waals surface area contributed by atoms with Crippen LogP contribution in [0, 0.1) is 17.8 Å². The lowest BCUT2D eigenvalue weighted by molar-refractivity contribution is 0.456. The molecule has 0 radical (unpaired) electrons. The highest BCUT2D eigenvalue weighted by molar-refractivity contribution is 9.10. The van der Waals surface area contributed by atoms with Gasteiger partial charge < -0.3 is 0 Å². The molecule has 2 fully saturated rings. The zero-order valence-electron chi connectivity index (χ0n) is 9.16. The van der Waals surface area contributed by atoms with Crippen molar-refractivity contribution >= 4 is 27.3 Å². The third-order valence-corrected chi connectivity index (χ3v) is 6.02. The Labute approximate surface area is 109 Å². The van der Waals surface area contributed by atoms with Crippen molar-refractivity contribution in [2.75, 3.05) is 0 Å². The van der Waals surface area contributed by atoms with Gasteiger partial charge in [0.15, 0.2) is 0 Å². The lowest BCUT2D eigenvalue weighted by Gasteiger charge is -2.15. The summed E-state index contributed by atoms with van der Waals surface area (Å²) in [4.78, 5) is 0. The standard InChI is InChI=1S/C12H17BrN2S/c13-10-6-16-5-9(10)12(15-14)11-7-3-1-2-4-8(7)11/h5-8,11-12,15H,1-4,14H2. The zero-order valence-corrected chi connectivity index (χ0v) is 11.6. The summed E-state index contributed by atoms with van der Waals surface area (Å²) in [5, 5.41) is 4.37. The van der Waals surface area contributed by atoms with Gasteiger partial charge in [-0.2, -0.15) is 11.3 Å². The van der Waals surface area contributed by atoms with Gasteiger partial charge in [0.1, 0.15) is 0 Å². The Hall–Kier alpha value is 0.100. The number of hydrazine groups is 1. The molecule has 0 amide bonds. The maximum Gasteiger partial charge on any atom is 0.0513 e. The van der Waals surface area contributed by atoms with E-state index in [1.807, 2.05) is 0 Å². The summed E-state index contributed by atoms with van der Waals surface area (Å²) in [5.74, 6) is 8.40. The van der Waals surface area contributed by atoms with Crippen LogP contribution in [0.15, 0.2) is 15.2 Å². The normalized spacial score (nSPS) is 34.5. The lowest BCUT2D eigenvalue weighted by Crippen LogP contribution is -2.30. The topological polar surface area (TPSA) is 38.0 Å². The van der Waals surface area contributed by atoms with E-state index in [0.717, 1.165) is 17.8 Å². The first-order valence-corrected chi connectivity index (χ1v) is 7.74. The molecule has 3 N–H and O–H groups in total. The highest BCUT2D eigenvalue weighted by Crippen LogP contribution is 2.60. The van der Waals surface area contributed by atoms with Crippen LogP contribution in [0.25, 0.3) is 0 Å². The first-order valence-electron chi connectivity index (χ1n) is 6.00. The van der Waals surface area contributed by atoms with E-state index in [1.165, 1.54) is 35.7 Å². The van der Waals surface area contributed by atoms with Gasteiger partial charge >= 0.3 is 0 Å². The Morgan fingerprint density at radius 1 is 1.31 bits per heavy atom. The average Bonchev–Trinajstić information content (AvgIpc) is 2.87. The number of hydrogen-bond donors (Lipinski definition) is 2. The minimum absolute atomic E-state index is 0.355. The van der Waals surface area contributed by atoms with Crippen LogP contribution in [0.1, 0.15) is 37.3 Å². The Morgan fingerprint density at radius 2 is 2.00 bits per heavy atom. The molecule has 4 heteroatoms. The maximum absolute atomic E-state index is 5.76. The van der Waals surface area contributed by atoms with Crippen LogP contribution in [0.4, 0.5) is 0 Å². The predicted molar refractivity (Wildman–Crippen MR) is 71.0 cm³/mol. The third-order valence-electron chi connectivity index (χ3n) is 4.26. The highest BCUT2D eigenvalue weighted by atomic mass is 79.9. The smallest absolute Gasteiger partial charge is 0.0513 e. The van der Waals surface area contributed by atoms with E-state index in [2.05, 4.69) is 32.1 Å². The zero-order chi connectivity index (χ0) is 11.1. The van der Waals surface area contributed by atoms with Gasteiger partial charge in [-0.3, -0.25) is 11.3 Å². The molecule has 1 aromatic rings. The summed E-state index contributed by atoms with van der Waals surface area (Å²) in [6.45, 7) is 0. The molecule has 1 heterocycles. The van der Waals surface area contributed by atoms with E-state index < -0.39 is 0 Å². The number of fused-ring (bicyclic) bond motifs is 1. The molecule has 2 aliphatic rings. The molecule has 0 saturated heterocycles. The molecular weight excluding hydrogens is 284 g/mol. The SMILES string of the molecule is NNC(c1cscc1Br)C1C2CCCCC21. The second-order valence-corrected chi connectivity index (χ2v) is 6.61. The van der Waals surface area contributed by atoms with Gasteiger partial charge in [0.25, 0.3) is 0 Å². The molecule has 2 saturated carbocycles. The number of nitrogens with two attached hydrogens (primary N) is 1. The van der Waals surface area contributed by atoms with Crippen LogP contribution >= 0.6 is 27.3 Å². The molecular formula is C12H17BrN2S. The second kappa shape index (κ2) is 4.41. The summed E-state index contributed by atoms with van der Waals surface area (Å²) in [7, 11) is 0. The van der Waals surface area contributed by atoms with Gasteiger partial charge in [0, 0.05) is 9.85 Å². The van der Waals surface area contributed by atoms with Crippen molar-refractivity contribution in [3.63, 3.8) is 0 Å². The predicted octanol–water partition coefficient (Wildman–Crippen LogP) is 3.45. The molecule has 3 unspecified atom stereocenters. The Balaban J connectivity index is 1.80. The molecule has 2 nitrogen and oxygen atoms in total. The molecule has 3 rings (SSSR count). The molecule has 0 aromatic carbocycles. The molecule has 0 spiro atoms. The summed E-state index contributed by atoms with van der Waals surface area (Å²) in [6.07, 6.45) is 5.66. The van der Waals surface area contributed by atoms with Gasteiger partial charge in [-0.1, -0.05) is 12.8 Å². The molecule has 1 aromatic heterocycles. The van der Waals surface area contributed by atoms with Gasteiger partial charge in [-0.05, 0) is 57.5 Å². The fourth-order valence-corrected chi connectivity index (χ4v) is 5.04. The molecule has 0 aliphatic heterocycles. The largest absolute Gasteiger partial charge is 0.271 e. The first kappa shape index (κ1) is 11.2. The van der Waals surface area contributed by atoms with E-state index in [-0.39, 0.29) is 0 Å². The Bertz CT molecular complexity index is 367. The number of thiophene rings is 1. The molecule has 2 aliphatic carbocycles. The van der Waals surface area contributed by atoms with Crippen molar-refractivity contribution in [1.29, 1.82) is 0 Å². The van der Waals surface area contributed by atoms with Crippen molar-refractivity contribution < 1.29 is 0 Å². The number of nitrogens with one attached hydrogen (secondary N) is 1. The fourth-order valence-electron chi connectivity index (χ4n) is 3.46. The highest BCUT2D eigenvalue weighted by Gasteiger charge is 2.54. The van der Waals surface area contributed by atoms with Crippen molar-refractivity contribution in [2.24, 2.45) is 23.6 Å². The van der Waals surface area contributed by atoms with E-state index in [0.29, 0.717) is 6.04 Å². The van der Waals surface area contributed by atoms with Crippen molar-refractivity contribution in [1.82, 2.24) is 5.43 Å². The number of hydrogen-bond acceptors (Lipinski definition) is 3. The average molecular weight is 301 g/mol. The summed E-state index contributed by atoms with van der Waals surface area (Å²) in [6, 6.07) is 0.355. The fraction of sp³-hybridized carbons (Fsp3) is 0.667. The number of halogens is 1. The maximum atomic E-state index is 5.76. The summed E-state index contributed by atoms with van der Waals surface area (Å²) in [5.41, 5.74) is 4.39. The molecule has 88 valence electrons. The van der Waals surface area contributed by atoms with Crippen LogP contribution in [-0.4, -0.2) is 0 Å². The van der Waals surface area contributed by atoms with Gasteiger partial charge in [0.2, 0.25) is 0 Å². The molecule has 0 bridgehead atoms. The van der Waals surface area contributed by atoms with Crippen LogP contribution < -0.4 is 11.3 Å². The summed E-state index contributed by atoms with van der Waals surface area (Å²) < 4.78 is 1.21. The minimum Gasteiger partial charge on any atom is -0.271 e. The molecule has 3 atom stereocenters. The van der Waals surface area contributed by atoms with E-state index >= 15 is 0 Å². The van der Waals surface area contributed by atoms with Crippen molar-refractivity contribution in [3.8, 4) is 0 Å². The van der Waals surface area contributed by atoms with Crippen molar-refractivity contribution in [3.05, 3.63) is 20.8 Å². The lowest BCUT2D eigenvalue weighted by atomic mass is 10.0.